The molecule has 0 saturated heterocycles. The molecular weight excluding hydrogens is 244 g/mol. The summed E-state index contributed by atoms with van der Waals surface area (Å²) in [6, 6.07) is 11.7. The molecule has 2 heteroatoms. The second-order valence-corrected chi connectivity index (χ2v) is 6.37. The highest BCUT2D eigenvalue weighted by molar-refractivity contribution is 6.35. The van der Waals surface area contributed by atoms with Gasteiger partial charge in [-0.3, -0.25) is 0 Å². The Labute approximate surface area is 113 Å². The number of aliphatic hydroxyl groups is 1. The van der Waals surface area contributed by atoms with Crippen molar-refractivity contribution in [1.29, 1.82) is 0 Å². The maximum atomic E-state index is 10.4. The molecule has 1 atom stereocenters. The number of benzene rings is 2. The molecule has 0 aromatic heterocycles. The lowest BCUT2D eigenvalue weighted by atomic mass is 9.85. The van der Waals surface area contributed by atoms with E-state index in [1.54, 1.807) is 0 Å². The Morgan fingerprint density at radius 1 is 1.06 bits per heavy atom. The van der Waals surface area contributed by atoms with Crippen molar-refractivity contribution < 1.29 is 5.11 Å². The minimum atomic E-state index is -0.452. The SMILES string of the molecule is CC(C)(C)CC(O)c1ccc(Cl)c2ccccc12. The van der Waals surface area contributed by atoms with Crippen molar-refractivity contribution in [3.05, 3.63) is 47.0 Å². The van der Waals surface area contributed by atoms with Crippen LogP contribution >= 0.6 is 11.6 Å². The molecule has 1 nitrogen and oxygen atoms in total. The van der Waals surface area contributed by atoms with Gasteiger partial charge >= 0.3 is 0 Å². The van der Waals surface area contributed by atoms with E-state index >= 15 is 0 Å². The van der Waals surface area contributed by atoms with Crippen LogP contribution < -0.4 is 0 Å². The van der Waals surface area contributed by atoms with Crippen molar-refractivity contribution in [2.45, 2.75) is 33.3 Å². The zero-order chi connectivity index (χ0) is 13.3. The summed E-state index contributed by atoms with van der Waals surface area (Å²) in [5, 5.41) is 13.2. The lowest BCUT2D eigenvalue weighted by molar-refractivity contribution is 0.123. The molecule has 1 N–H and O–H groups in total. The standard InChI is InChI=1S/C16H19ClO/c1-16(2,3)10-15(18)13-8-9-14(17)12-7-5-4-6-11(12)13/h4-9,15,18H,10H2,1-3H3. The van der Waals surface area contributed by atoms with Crippen molar-refractivity contribution in [2.24, 2.45) is 5.41 Å². The number of hydrogen-bond donors (Lipinski definition) is 1. The Kier molecular flexibility index (Phi) is 3.65. The van der Waals surface area contributed by atoms with Gasteiger partial charge in [0.2, 0.25) is 0 Å². The molecule has 2 aromatic carbocycles. The van der Waals surface area contributed by atoms with Gasteiger partial charge in [-0.15, -0.1) is 0 Å². The molecule has 2 rings (SSSR count). The van der Waals surface area contributed by atoms with Crippen LogP contribution in [0.2, 0.25) is 5.02 Å². The number of halogens is 1. The first-order chi connectivity index (χ1) is 8.38. The third-order valence-electron chi connectivity index (χ3n) is 3.07. The summed E-state index contributed by atoms with van der Waals surface area (Å²) in [7, 11) is 0. The van der Waals surface area contributed by atoms with E-state index in [1.165, 1.54) is 0 Å². The number of rotatable bonds is 2. The maximum absolute atomic E-state index is 10.4. The maximum Gasteiger partial charge on any atom is 0.0801 e. The minimum Gasteiger partial charge on any atom is -0.388 e. The molecule has 0 aliphatic rings. The quantitative estimate of drug-likeness (QED) is 0.811. The molecule has 0 spiro atoms. The Morgan fingerprint density at radius 2 is 1.67 bits per heavy atom. The zero-order valence-electron chi connectivity index (χ0n) is 11.1. The second kappa shape index (κ2) is 4.91. The van der Waals surface area contributed by atoms with Crippen LogP contribution in [0.5, 0.6) is 0 Å². The van der Waals surface area contributed by atoms with Gasteiger partial charge < -0.3 is 5.11 Å². The van der Waals surface area contributed by atoms with E-state index in [2.05, 4.69) is 20.8 Å². The Morgan fingerprint density at radius 3 is 2.28 bits per heavy atom. The molecule has 0 aliphatic carbocycles. The Hall–Kier alpha value is -1.05. The smallest absolute Gasteiger partial charge is 0.0801 e. The van der Waals surface area contributed by atoms with Crippen molar-refractivity contribution in [3.8, 4) is 0 Å². The fourth-order valence-corrected chi connectivity index (χ4v) is 2.49. The highest BCUT2D eigenvalue weighted by Crippen LogP contribution is 2.35. The van der Waals surface area contributed by atoms with Crippen LogP contribution in [-0.2, 0) is 0 Å². The van der Waals surface area contributed by atoms with Crippen molar-refractivity contribution in [2.75, 3.05) is 0 Å². The van der Waals surface area contributed by atoms with Crippen LogP contribution in [0, 0.1) is 5.41 Å². The molecule has 96 valence electrons. The van der Waals surface area contributed by atoms with E-state index in [1.807, 2.05) is 36.4 Å². The van der Waals surface area contributed by atoms with Crippen LogP contribution in [0.3, 0.4) is 0 Å². The van der Waals surface area contributed by atoms with E-state index in [0.717, 1.165) is 27.8 Å². The summed E-state index contributed by atoms with van der Waals surface area (Å²) in [6.45, 7) is 6.40. The van der Waals surface area contributed by atoms with Gasteiger partial charge in [-0.05, 0) is 28.9 Å². The van der Waals surface area contributed by atoms with E-state index in [4.69, 9.17) is 11.6 Å². The topological polar surface area (TPSA) is 20.2 Å². The van der Waals surface area contributed by atoms with Crippen molar-refractivity contribution >= 4 is 22.4 Å². The first kappa shape index (κ1) is 13.4. The fourth-order valence-electron chi connectivity index (χ4n) is 2.27. The molecule has 0 amide bonds. The summed E-state index contributed by atoms with van der Waals surface area (Å²) in [5.41, 5.74) is 1.06. The van der Waals surface area contributed by atoms with Gasteiger partial charge in [0, 0.05) is 10.4 Å². The lowest BCUT2D eigenvalue weighted by Gasteiger charge is -2.23. The summed E-state index contributed by atoms with van der Waals surface area (Å²) < 4.78 is 0. The molecule has 1 unspecified atom stereocenters. The van der Waals surface area contributed by atoms with Gasteiger partial charge in [-0.2, -0.15) is 0 Å². The van der Waals surface area contributed by atoms with Gasteiger partial charge in [0.15, 0.2) is 0 Å². The fraction of sp³-hybridized carbons (Fsp3) is 0.375. The summed E-state index contributed by atoms with van der Waals surface area (Å²) in [5.74, 6) is 0. The molecule has 0 saturated carbocycles. The molecule has 18 heavy (non-hydrogen) atoms. The van der Waals surface area contributed by atoms with Gasteiger partial charge in [0.25, 0.3) is 0 Å². The second-order valence-electron chi connectivity index (χ2n) is 5.96. The highest BCUT2D eigenvalue weighted by Gasteiger charge is 2.20. The van der Waals surface area contributed by atoms with Crippen LogP contribution in [0.15, 0.2) is 36.4 Å². The van der Waals surface area contributed by atoms with Crippen LogP contribution in [0.25, 0.3) is 10.8 Å². The molecule has 0 bridgehead atoms. The van der Waals surface area contributed by atoms with E-state index < -0.39 is 6.10 Å². The number of aliphatic hydroxyl groups excluding tert-OH is 1. The average molecular weight is 263 g/mol. The predicted molar refractivity (Wildman–Crippen MR) is 78.0 cm³/mol. The van der Waals surface area contributed by atoms with Gasteiger partial charge in [-0.25, -0.2) is 0 Å². The van der Waals surface area contributed by atoms with Gasteiger partial charge in [0.1, 0.15) is 0 Å². The first-order valence-electron chi connectivity index (χ1n) is 6.24. The lowest BCUT2D eigenvalue weighted by Crippen LogP contribution is -2.11. The summed E-state index contributed by atoms with van der Waals surface area (Å²) in [6.07, 6.45) is 0.283. The number of hydrogen-bond acceptors (Lipinski definition) is 1. The van der Waals surface area contributed by atoms with Crippen molar-refractivity contribution in [3.63, 3.8) is 0 Å². The highest BCUT2D eigenvalue weighted by atomic mass is 35.5. The monoisotopic (exact) mass is 262 g/mol. The Bertz CT molecular complexity index is 555. The van der Waals surface area contributed by atoms with E-state index in [0.29, 0.717) is 0 Å². The molecule has 0 radical (unpaired) electrons. The van der Waals surface area contributed by atoms with Crippen LogP contribution in [0.1, 0.15) is 38.9 Å². The molecular formula is C16H19ClO. The zero-order valence-corrected chi connectivity index (χ0v) is 11.8. The summed E-state index contributed by atoms with van der Waals surface area (Å²) in [4.78, 5) is 0. The Balaban J connectivity index is 2.49. The third kappa shape index (κ3) is 2.85. The largest absolute Gasteiger partial charge is 0.388 e. The predicted octanol–water partition coefficient (Wildman–Crippen LogP) is 4.96. The molecule has 0 heterocycles. The first-order valence-corrected chi connectivity index (χ1v) is 6.61. The molecule has 2 aromatic rings. The van der Waals surface area contributed by atoms with Gasteiger partial charge in [-0.1, -0.05) is 62.7 Å². The minimum absolute atomic E-state index is 0.0974. The van der Waals surface area contributed by atoms with Crippen LogP contribution in [-0.4, -0.2) is 5.11 Å². The van der Waals surface area contributed by atoms with Gasteiger partial charge in [0.05, 0.1) is 6.10 Å². The molecule has 0 aliphatic heterocycles. The normalized spacial score (nSPS) is 13.8. The van der Waals surface area contributed by atoms with E-state index in [9.17, 15) is 5.11 Å². The third-order valence-corrected chi connectivity index (χ3v) is 3.40. The number of fused-ring (bicyclic) bond motifs is 1. The summed E-state index contributed by atoms with van der Waals surface area (Å²) >= 11 is 6.19. The van der Waals surface area contributed by atoms with Crippen LogP contribution in [0.4, 0.5) is 0 Å². The average Bonchev–Trinajstić information content (AvgIpc) is 2.27. The van der Waals surface area contributed by atoms with E-state index in [-0.39, 0.29) is 5.41 Å². The molecule has 0 fully saturated rings. The van der Waals surface area contributed by atoms with Crippen molar-refractivity contribution in [1.82, 2.24) is 0 Å².